The monoisotopic (exact) mass is 253 g/mol. The van der Waals surface area contributed by atoms with Crippen molar-refractivity contribution >= 4 is 0 Å². The first kappa shape index (κ1) is 10.9. The van der Waals surface area contributed by atoms with E-state index in [4.69, 9.17) is 0 Å². The summed E-state index contributed by atoms with van der Waals surface area (Å²) in [5.41, 5.74) is 3.19. The lowest BCUT2D eigenvalue weighted by Gasteiger charge is -2.26. The molecule has 0 saturated heterocycles. The van der Waals surface area contributed by atoms with Crippen LogP contribution in [0.1, 0.15) is 36.8 Å². The van der Waals surface area contributed by atoms with Gasteiger partial charge in [-0.05, 0) is 73.3 Å². The lowest BCUT2D eigenvalue weighted by atomic mass is 9.88. The highest BCUT2D eigenvalue weighted by Gasteiger charge is 2.64. The van der Waals surface area contributed by atoms with Gasteiger partial charge in [0.25, 0.3) is 0 Å². The van der Waals surface area contributed by atoms with E-state index in [1.54, 1.807) is 17.5 Å². The van der Waals surface area contributed by atoms with Crippen LogP contribution in [0.4, 0.5) is 0 Å². The van der Waals surface area contributed by atoms with Crippen molar-refractivity contribution in [2.24, 2.45) is 23.7 Å². The highest BCUT2D eigenvalue weighted by atomic mass is 15.0. The third-order valence-corrected chi connectivity index (χ3v) is 6.51. The van der Waals surface area contributed by atoms with Gasteiger partial charge >= 0.3 is 0 Å². The number of hydrogen-bond donors (Lipinski definition) is 1. The summed E-state index contributed by atoms with van der Waals surface area (Å²) in [6.45, 7) is 0. The van der Waals surface area contributed by atoms with E-state index < -0.39 is 0 Å². The molecule has 5 unspecified atom stereocenters. The van der Waals surface area contributed by atoms with Gasteiger partial charge in [-0.25, -0.2) is 0 Å². The summed E-state index contributed by atoms with van der Waals surface area (Å²) < 4.78 is 0. The summed E-state index contributed by atoms with van der Waals surface area (Å²) in [5.74, 6) is 4.36. The summed E-state index contributed by atoms with van der Waals surface area (Å²) >= 11 is 0. The van der Waals surface area contributed by atoms with Crippen LogP contribution in [0.5, 0.6) is 0 Å². The van der Waals surface area contributed by atoms with E-state index in [1.165, 1.54) is 32.1 Å². The Morgan fingerprint density at radius 1 is 0.895 bits per heavy atom. The number of aryl methyl sites for hydroxylation is 1. The van der Waals surface area contributed by atoms with Crippen molar-refractivity contribution in [2.75, 3.05) is 0 Å². The second kappa shape index (κ2) is 3.85. The molecule has 19 heavy (non-hydrogen) atoms. The minimum absolute atomic E-state index is 0.755. The van der Waals surface area contributed by atoms with E-state index in [0.717, 1.165) is 35.8 Å². The maximum Gasteiger partial charge on any atom is 0.0138 e. The molecule has 1 nitrogen and oxygen atoms in total. The van der Waals surface area contributed by atoms with Crippen molar-refractivity contribution in [2.45, 2.75) is 50.6 Å². The van der Waals surface area contributed by atoms with Crippen molar-refractivity contribution in [1.82, 2.24) is 5.32 Å². The SMILES string of the molecule is c1ccc2c(c1)CCC(NC1C3C4CCC(C4)C13)C2. The minimum atomic E-state index is 0.755. The van der Waals surface area contributed by atoms with E-state index >= 15 is 0 Å². The topological polar surface area (TPSA) is 12.0 Å². The van der Waals surface area contributed by atoms with Gasteiger partial charge in [0.05, 0.1) is 0 Å². The fourth-order valence-electron chi connectivity index (χ4n) is 5.66. The van der Waals surface area contributed by atoms with E-state index in [0.29, 0.717) is 0 Å². The van der Waals surface area contributed by atoms with Gasteiger partial charge < -0.3 is 5.32 Å². The molecule has 1 heteroatoms. The lowest BCUT2D eigenvalue weighted by Crippen LogP contribution is -2.38. The Kier molecular flexibility index (Phi) is 2.21. The molecule has 4 aliphatic rings. The quantitative estimate of drug-likeness (QED) is 0.853. The molecule has 0 aromatic heterocycles. The Bertz CT molecular complexity index is 492. The summed E-state index contributed by atoms with van der Waals surface area (Å²) in [4.78, 5) is 0. The van der Waals surface area contributed by atoms with Gasteiger partial charge in [-0.3, -0.25) is 0 Å². The number of hydrogen-bond acceptors (Lipinski definition) is 1. The molecule has 0 spiro atoms. The second-order valence-corrected chi connectivity index (χ2v) is 7.39. The van der Waals surface area contributed by atoms with Gasteiger partial charge in [0.2, 0.25) is 0 Å². The third-order valence-electron chi connectivity index (χ3n) is 6.51. The molecule has 0 aliphatic heterocycles. The lowest BCUT2D eigenvalue weighted by molar-refractivity contribution is 0.391. The zero-order valence-corrected chi connectivity index (χ0v) is 11.5. The Labute approximate surface area is 115 Å². The molecule has 0 heterocycles. The van der Waals surface area contributed by atoms with Crippen molar-refractivity contribution in [1.29, 1.82) is 0 Å². The maximum absolute atomic E-state index is 4.04. The third kappa shape index (κ3) is 1.57. The van der Waals surface area contributed by atoms with Crippen LogP contribution < -0.4 is 5.32 Å². The number of benzene rings is 1. The molecule has 5 rings (SSSR count). The Morgan fingerprint density at radius 2 is 1.63 bits per heavy atom. The molecule has 0 amide bonds. The molecule has 3 fully saturated rings. The first-order valence-electron chi connectivity index (χ1n) is 8.23. The highest BCUT2D eigenvalue weighted by Crippen LogP contribution is 2.65. The van der Waals surface area contributed by atoms with Crippen LogP contribution in [0.3, 0.4) is 0 Å². The van der Waals surface area contributed by atoms with E-state index in [1.807, 2.05) is 0 Å². The predicted molar refractivity (Wildman–Crippen MR) is 77.0 cm³/mol. The van der Waals surface area contributed by atoms with Crippen LogP contribution in [0, 0.1) is 23.7 Å². The fourth-order valence-corrected chi connectivity index (χ4v) is 5.66. The molecule has 0 radical (unpaired) electrons. The molecule has 100 valence electrons. The summed E-state index contributed by atoms with van der Waals surface area (Å²) in [5, 5.41) is 4.04. The molecular weight excluding hydrogens is 230 g/mol. The zero-order valence-electron chi connectivity index (χ0n) is 11.5. The average molecular weight is 253 g/mol. The molecule has 3 saturated carbocycles. The smallest absolute Gasteiger partial charge is 0.0138 e. The second-order valence-electron chi connectivity index (χ2n) is 7.39. The van der Waals surface area contributed by atoms with Gasteiger partial charge in [0.15, 0.2) is 0 Å². The van der Waals surface area contributed by atoms with E-state index in [2.05, 4.69) is 29.6 Å². The molecule has 1 aromatic carbocycles. The number of fused-ring (bicyclic) bond motifs is 6. The Morgan fingerprint density at radius 3 is 2.42 bits per heavy atom. The van der Waals surface area contributed by atoms with Crippen LogP contribution in [0.25, 0.3) is 0 Å². The molecule has 1 N–H and O–H groups in total. The van der Waals surface area contributed by atoms with E-state index in [-0.39, 0.29) is 0 Å². The summed E-state index contributed by atoms with van der Waals surface area (Å²) in [7, 11) is 0. The highest BCUT2D eigenvalue weighted by molar-refractivity contribution is 5.30. The Hall–Kier alpha value is -0.820. The van der Waals surface area contributed by atoms with Crippen molar-refractivity contribution in [3.05, 3.63) is 35.4 Å². The summed E-state index contributed by atoms with van der Waals surface area (Å²) in [6.07, 6.45) is 8.54. The predicted octanol–water partition coefficient (Wildman–Crippen LogP) is 3.18. The zero-order chi connectivity index (χ0) is 12.4. The fraction of sp³-hybridized carbons (Fsp3) is 0.667. The average Bonchev–Trinajstić information content (AvgIpc) is 2.85. The van der Waals surface area contributed by atoms with Gasteiger partial charge in [0, 0.05) is 12.1 Å². The number of rotatable bonds is 2. The van der Waals surface area contributed by atoms with E-state index in [9.17, 15) is 0 Å². The van der Waals surface area contributed by atoms with Crippen LogP contribution in [-0.4, -0.2) is 12.1 Å². The molecule has 5 atom stereocenters. The standard InChI is InChI=1S/C18H23N/c1-2-4-12-10-15(8-7-11(12)3-1)19-18-16-13-5-6-14(9-13)17(16)18/h1-4,13-19H,5-10H2. The normalized spacial score (nSPS) is 45.9. The van der Waals surface area contributed by atoms with Gasteiger partial charge in [-0.15, -0.1) is 0 Å². The molecule has 4 aliphatic carbocycles. The molecule has 1 aromatic rings. The van der Waals surface area contributed by atoms with Crippen LogP contribution in [0.15, 0.2) is 24.3 Å². The number of nitrogens with one attached hydrogen (secondary N) is 1. The van der Waals surface area contributed by atoms with Gasteiger partial charge in [-0.1, -0.05) is 24.3 Å². The Balaban J connectivity index is 1.28. The largest absolute Gasteiger partial charge is 0.310 e. The molecule has 2 bridgehead atoms. The first-order chi connectivity index (χ1) is 9.40. The minimum Gasteiger partial charge on any atom is -0.310 e. The van der Waals surface area contributed by atoms with Crippen molar-refractivity contribution in [3.63, 3.8) is 0 Å². The van der Waals surface area contributed by atoms with Gasteiger partial charge in [0.1, 0.15) is 0 Å². The van der Waals surface area contributed by atoms with Gasteiger partial charge in [-0.2, -0.15) is 0 Å². The van der Waals surface area contributed by atoms with Crippen LogP contribution in [0.2, 0.25) is 0 Å². The van der Waals surface area contributed by atoms with Crippen molar-refractivity contribution in [3.8, 4) is 0 Å². The van der Waals surface area contributed by atoms with Crippen LogP contribution >= 0.6 is 0 Å². The summed E-state index contributed by atoms with van der Waals surface area (Å²) in [6, 6.07) is 10.7. The maximum atomic E-state index is 4.04. The van der Waals surface area contributed by atoms with Crippen LogP contribution in [-0.2, 0) is 12.8 Å². The first-order valence-corrected chi connectivity index (χ1v) is 8.23. The molecular formula is C18H23N. The van der Waals surface area contributed by atoms with Crippen molar-refractivity contribution < 1.29 is 0 Å².